The monoisotopic (exact) mass is 386 g/mol. The van der Waals surface area contributed by atoms with Crippen LogP contribution in [-0.4, -0.2) is 44.7 Å². The summed E-state index contributed by atoms with van der Waals surface area (Å²) in [7, 11) is 0. The van der Waals surface area contributed by atoms with Crippen LogP contribution in [-0.2, 0) is 22.6 Å². The van der Waals surface area contributed by atoms with E-state index in [0.29, 0.717) is 13.2 Å². The molecule has 0 atom stereocenters. The number of unbranched alkanes of at least 4 members (excludes halogenated alkanes) is 1. The molecule has 0 aliphatic carbocycles. The van der Waals surface area contributed by atoms with Gasteiger partial charge in [0.1, 0.15) is 5.69 Å². The van der Waals surface area contributed by atoms with Crippen molar-refractivity contribution in [2.24, 2.45) is 0 Å². The first-order chi connectivity index (χ1) is 13.5. The Kier molecular flexibility index (Phi) is 8.33. The van der Waals surface area contributed by atoms with Crippen molar-refractivity contribution < 1.29 is 14.3 Å². The highest BCUT2D eigenvalue weighted by atomic mass is 16.5. The molecule has 0 aromatic carbocycles. The van der Waals surface area contributed by atoms with Crippen molar-refractivity contribution in [3.63, 3.8) is 0 Å². The van der Waals surface area contributed by atoms with Crippen LogP contribution in [0.15, 0.2) is 41.5 Å². The average Bonchev–Trinajstić information content (AvgIpc) is 2.71. The first kappa shape index (κ1) is 21.3. The molecule has 0 fully saturated rings. The van der Waals surface area contributed by atoms with Crippen LogP contribution in [0.2, 0.25) is 0 Å². The molecule has 2 heterocycles. The SMILES string of the molecule is CCCCn1nc(C(=O)N(CCC(=O)OCC)Cc2cccnc2)ccc1=O. The molecular formula is C20H26N4O4. The van der Waals surface area contributed by atoms with E-state index < -0.39 is 0 Å². The second-order valence-electron chi connectivity index (χ2n) is 6.28. The maximum Gasteiger partial charge on any atom is 0.307 e. The number of hydrogen-bond donors (Lipinski definition) is 0. The van der Waals surface area contributed by atoms with E-state index >= 15 is 0 Å². The van der Waals surface area contributed by atoms with E-state index in [0.717, 1.165) is 18.4 Å². The minimum Gasteiger partial charge on any atom is -0.466 e. The van der Waals surface area contributed by atoms with Gasteiger partial charge in [-0.15, -0.1) is 0 Å². The molecule has 2 rings (SSSR count). The van der Waals surface area contributed by atoms with Crippen LogP contribution in [0.5, 0.6) is 0 Å². The summed E-state index contributed by atoms with van der Waals surface area (Å²) in [5.41, 5.74) is 0.762. The quantitative estimate of drug-likeness (QED) is 0.580. The molecule has 0 bridgehead atoms. The third-order valence-electron chi connectivity index (χ3n) is 4.08. The summed E-state index contributed by atoms with van der Waals surface area (Å²) in [4.78, 5) is 42.3. The maximum atomic E-state index is 13.0. The predicted molar refractivity (Wildman–Crippen MR) is 104 cm³/mol. The summed E-state index contributed by atoms with van der Waals surface area (Å²) in [6, 6.07) is 6.41. The van der Waals surface area contributed by atoms with Gasteiger partial charge in [0.2, 0.25) is 0 Å². The minimum atomic E-state index is -0.368. The molecule has 1 amide bonds. The van der Waals surface area contributed by atoms with Gasteiger partial charge in [-0.3, -0.25) is 19.4 Å². The van der Waals surface area contributed by atoms with Gasteiger partial charge in [0.25, 0.3) is 11.5 Å². The molecule has 0 saturated heterocycles. The fourth-order valence-electron chi connectivity index (χ4n) is 2.62. The van der Waals surface area contributed by atoms with E-state index in [4.69, 9.17) is 4.74 Å². The number of rotatable bonds is 10. The van der Waals surface area contributed by atoms with E-state index in [1.165, 1.54) is 21.7 Å². The summed E-state index contributed by atoms with van der Waals surface area (Å²) in [5, 5.41) is 4.22. The Balaban J connectivity index is 2.21. The zero-order valence-electron chi connectivity index (χ0n) is 16.3. The first-order valence-electron chi connectivity index (χ1n) is 9.47. The van der Waals surface area contributed by atoms with Gasteiger partial charge in [-0.05, 0) is 31.0 Å². The van der Waals surface area contributed by atoms with Crippen LogP contribution in [0.4, 0.5) is 0 Å². The first-order valence-corrected chi connectivity index (χ1v) is 9.47. The van der Waals surface area contributed by atoms with Crippen molar-refractivity contribution in [2.75, 3.05) is 13.2 Å². The summed E-state index contributed by atoms with van der Waals surface area (Å²) >= 11 is 0. The Bertz CT molecular complexity index is 836. The number of ether oxygens (including phenoxy) is 1. The average molecular weight is 386 g/mol. The summed E-state index contributed by atoms with van der Waals surface area (Å²) in [5.74, 6) is -0.717. The fourth-order valence-corrected chi connectivity index (χ4v) is 2.62. The van der Waals surface area contributed by atoms with Gasteiger partial charge < -0.3 is 9.64 Å². The van der Waals surface area contributed by atoms with E-state index in [1.807, 2.05) is 13.0 Å². The number of amides is 1. The smallest absolute Gasteiger partial charge is 0.307 e. The highest BCUT2D eigenvalue weighted by molar-refractivity contribution is 5.92. The van der Waals surface area contributed by atoms with Crippen LogP contribution < -0.4 is 5.56 Å². The van der Waals surface area contributed by atoms with Gasteiger partial charge in [0, 0.05) is 38.1 Å². The van der Waals surface area contributed by atoms with Crippen molar-refractivity contribution in [1.29, 1.82) is 0 Å². The molecule has 0 aliphatic heterocycles. The summed E-state index contributed by atoms with van der Waals surface area (Å²) < 4.78 is 6.27. The molecule has 0 spiro atoms. The van der Waals surface area contributed by atoms with E-state index in [2.05, 4.69) is 10.1 Å². The molecule has 150 valence electrons. The van der Waals surface area contributed by atoms with Crippen LogP contribution in [0.1, 0.15) is 49.2 Å². The van der Waals surface area contributed by atoms with Crippen LogP contribution in [0.25, 0.3) is 0 Å². The van der Waals surface area contributed by atoms with Crippen molar-refractivity contribution in [3.8, 4) is 0 Å². The third kappa shape index (κ3) is 6.29. The molecular weight excluding hydrogens is 360 g/mol. The Hall–Kier alpha value is -3.03. The lowest BCUT2D eigenvalue weighted by Crippen LogP contribution is -2.35. The Labute approximate surface area is 164 Å². The standard InChI is InChI=1S/C20H26N4O4/c1-3-5-12-24-18(25)9-8-17(22-24)20(27)23(13-10-19(26)28-4-2)15-16-7-6-11-21-14-16/h6-9,11,14H,3-5,10,12-13,15H2,1-2H3. The molecule has 2 aromatic heterocycles. The third-order valence-corrected chi connectivity index (χ3v) is 4.08. The molecule has 0 aliphatic rings. The number of pyridine rings is 1. The second-order valence-corrected chi connectivity index (χ2v) is 6.28. The van der Waals surface area contributed by atoms with Crippen LogP contribution in [0.3, 0.4) is 0 Å². The maximum absolute atomic E-state index is 13.0. The Morgan fingerprint density at radius 1 is 1.21 bits per heavy atom. The lowest BCUT2D eigenvalue weighted by atomic mass is 10.2. The molecule has 8 nitrogen and oxygen atoms in total. The van der Waals surface area contributed by atoms with E-state index in [-0.39, 0.29) is 42.6 Å². The summed E-state index contributed by atoms with van der Waals surface area (Å²) in [6.07, 6.45) is 5.11. The van der Waals surface area contributed by atoms with E-state index in [9.17, 15) is 14.4 Å². The molecule has 8 heteroatoms. The predicted octanol–water partition coefficient (Wildman–Crippen LogP) is 2.03. The molecule has 2 aromatic rings. The highest BCUT2D eigenvalue weighted by Crippen LogP contribution is 2.09. The summed E-state index contributed by atoms with van der Waals surface area (Å²) in [6.45, 7) is 4.97. The van der Waals surface area contributed by atoms with Crippen LogP contribution >= 0.6 is 0 Å². The van der Waals surface area contributed by atoms with E-state index in [1.54, 1.807) is 25.4 Å². The van der Waals surface area contributed by atoms with Gasteiger partial charge in [-0.1, -0.05) is 19.4 Å². The van der Waals surface area contributed by atoms with Gasteiger partial charge >= 0.3 is 5.97 Å². The zero-order valence-corrected chi connectivity index (χ0v) is 16.3. The van der Waals surface area contributed by atoms with Crippen molar-refractivity contribution in [1.82, 2.24) is 19.7 Å². The number of nitrogens with zero attached hydrogens (tertiary/aromatic N) is 4. The number of aryl methyl sites for hydroxylation is 1. The van der Waals surface area contributed by atoms with Gasteiger partial charge in [0.15, 0.2) is 0 Å². The zero-order chi connectivity index (χ0) is 20.4. The molecule has 0 unspecified atom stereocenters. The number of carbonyl (C=O) groups is 2. The van der Waals surface area contributed by atoms with Crippen molar-refractivity contribution in [2.45, 2.75) is 46.2 Å². The largest absolute Gasteiger partial charge is 0.466 e. The number of esters is 1. The number of carbonyl (C=O) groups excluding carboxylic acids is 2. The normalized spacial score (nSPS) is 10.5. The Morgan fingerprint density at radius 3 is 2.71 bits per heavy atom. The Morgan fingerprint density at radius 2 is 2.04 bits per heavy atom. The van der Waals surface area contributed by atoms with Gasteiger partial charge in [0.05, 0.1) is 13.0 Å². The molecule has 0 N–H and O–H groups in total. The fraction of sp³-hybridized carbons (Fsp3) is 0.450. The number of aromatic nitrogens is 3. The molecule has 0 radical (unpaired) electrons. The van der Waals surface area contributed by atoms with Crippen molar-refractivity contribution in [3.05, 3.63) is 58.3 Å². The number of hydrogen-bond acceptors (Lipinski definition) is 6. The topological polar surface area (TPSA) is 94.4 Å². The molecule has 28 heavy (non-hydrogen) atoms. The van der Waals surface area contributed by atoms with Crippen molar-refractivity contribution >= 4 is 11.9 Å². The lowest BCUT2D eigenvalue weighted by molar-refractivity contribution is -0.143. The van der Waals surface area contributed by atoms with Gasteiger partial charge in [-0.25, -0.2) is 4.68 Å². The van der Waals surface area contributed by atoms with Crippen LogP contribution in [0, 0.1) is 0 Å². The highest BCUT2D eigenvalue weighted by Gasteiger charge is 2.20. The molecule has 0 saturated carbocycles. The lowest BCUT2D eigenvalue weighted by Gasteiger charge is -2.22. The second kappa shape index (κ2) is 11.0. The van der Waals surface area contributed by atoms with Gasteiger partial charge in [-0.2, -0.15) is 5.10 Å². The minimum absolute atomic E-state index is 0.0787.